The van der Waals surface area contributed by atoms with Crippen LogP contribution in [0, 0.1) is 0 Å². The largest absolute Gasteiger partial charge is 0 e. The van der Waals surface area contributed by atoms with Gasteiger partial charge in [0.25, 0.3) is 0 Å². The molecule has 0 aliphatic carbocycles. The average Bonchev–Trinajstić information content (AvgIpc) is 0. The van der Waals surface area contributed by atoms with E-state index in [0.29, 0.717) is 0 Å². The first-order valence-electron chi connectivity index (χ1n) is 0. The first-order valence-corrected chi connectivity index (χ1v) is 0. The van der Waals surface area contributed by atoms with Crippen LogP contribution in [0.4, 0.5) is 0 Å². The smallest absolute Gasteiger partial charge is 0 e. The molecular weight excluding hydrogens is 343 g/mol. The van der Waals surface area contributed by atoms with Gasteiger partial charge in [-0.15, -0.1) is 0 Å². The molecule has 0 bridgehead atoms. The van der Waals surface area contributed by atoms with Crippen molar-refractivity contribution in [2.75, 3.05) is 0 Å². The summed E-state index contributed by atoms with van der Waals surface area (Å²) in [5, 5.41) is 0. The predicted molar refractivity (Wildman–Crippen MR) is 0 cm³/mol. The van der Waals surface area contributed by atoms with Gasteiger partial charge in [-0.3, -0.25) is 0 Å². The predicted octanol–water partition coefficient (Wildman–Crippen LogP) is -0.0100. The maximum atomic E-state index is 0. The minimum Gasteiger partial charge on any atom is 0 e. The van der Waals surface area contributed by atoms with E-state index in [1.807, 2.05) is 0 Å². The second kappa shape index (κ2) is 17.3. The topological polar surface area (TPSA) is 0 Å². The van der Waals surface area contributed by atoms with Gasteiger partial charge < -0.3 is 0 Å². The maximum absolute atomic E-state index is 0. The van der Waals surface area contributed by atoms with Gasteiger partial charge in [0, 0.05) is 83.2 Å². The third-order valence-electron chi connectivity index (χ3n) is 0. The molecule has 0 aliphatic heterocycles. The zero-order valence-corrected chi connectivity index (χ0v) is 9.07. The van der Waals surface area contributed by atoms with Crippen LogP contribution >= 0.6 is 0 Å². The molecule has 0 spiro atoms. The Kier molecular flexibility index (Phi) is 130. The Balaban J connectivity index is 0. The van der Waals surface area contributed by atoms with Crippen molar-refractivity contribution in [2.45, 2.75) is 0 Å². The van der Waals surface area contributed by atoms with E-state index in [-0.39, 0.29) is 83.2 Å². The Morgan fingerprint density at radius 3 is 1.00 bits per heavy atom. The van der Waals surface area contributed by atoms with E-state index in [1.54, 1.807) is 0 Å². The zero-order chi connectivity index (χ0) is 0. The van der Waals surface area contributed by atoms with Crippen LogP contribution in [0.1, 0.15) is 0 Å². The van der Waals surface area contributed by atoms with Gasteiger partial charge in [-0.25, -0.2) is 0 Å². The fraction of sp³-hybridized carbons (Fsp3) is 0. The summed E-state index contributed by atoms with van der Waals surface area (Å²) in [4.78, 5) is 0. The standard InChI is InChI=1S/Ag.Cd.Cu.Ni. The molecule has 0 aromatic heterocycles. The van der Waals surface area contributed by atoms with E-state index in [9.17, 15) is 0 Å². The second-order valence-corrected chi connectivity index (χ2v) is 0. The van der Waals surface area contributed by atoms with Gasteiger partial charge >= 0.3 is 0 Å². The molecule has 0 rings (SSSR count). The Bertz CT molecular complexity index is 8.00. The van der Waals surface area contributed by atoms with E-state index >= 15 is 0 Å². The monoisotopic (exact) mass is 342 g/mol. The molecule has 4 heavy (non-hydrogen) atoms. The molecule has 0 aromatic carbocycles. The maximum Gasteiger partial charge on any atom is 0 e. The first-order chi connectivity index (χ1) is 0. The van der Waals surface area contributed by atoms with E-state index in [2.05, 4.69) is 0 Å². The van der Waals surface area contributed by atoms with Gasteiger partial charge in [-0.2, -0.15) is 0 Å². The molecule has 0 saturated heterocycles. The van der Waals surface area contributed by atoms with Crippen molar-refractivity contribution in [2.24, 2.45) is 0 Å². The summed E-state index contributed by atoms with van der Waals surface area (Å²) in [7, 11) is 0. The van der Waals surface area contributed by atoms with Crippen LogP contribution in [0.3, 0.4) is 0 Å². The molecule has 0 aromatic rings. The zero-order valence-electron chi connectivity index (χ0n) is 1.63. The van der Waals surface area contributed by atoms with Gasteiger partial charge in [0.05, 0.1) is 0 Å². The first kappa shape index (κ1) is 30.0. The van der Waals surface area contributed by atoms with Gasteiger partial charge in [-0.1, -0.05) is 0 Å². The van der Waals surface area contributed by atoms with Gasteiger partial charge in [0.2, 0.25) is 0 Å². The second-order valence-electron chi connectivity index (χ2n) is 0. The molecule has 34 valence electrons. The van der Waals surface area contributed by atoms with Crippen molar-refractivity contribution in [3.8, 4) is 0 Å². The molecule has 0 saturated carbocycles. The van der Waals surface area contributed by atoms with Gasteiger partial charge in [0.1, 0.15) is 0 Å². The quantitative estimate of drug-likeness (QED) is 0.543. The van der Waals surface area contributed by atoms with E-state index in [4.69, 9.17) is 0 Å². The van der Waals surface area contributed by atoms with Crippen molar-refractivity contribution in [3.05, 3.63) is 0 Å². The van der Waals surface area contributed by atoms with Crippen molar-refractivity contribution in [1.29, 1.82) is 0 Å². The van der Waals surface area contributed by atoms with E-state index in [0.717, 1.165) is 0 Å². The molecule has 0 atom stereocenters. The molecule has 0 nitrogen and oxygen atoms in total. The van der Waals surface area contributed by atoms with Crippen LogP contribution in [0.2, 0.25) is 0 Å². The number of hydrogen-bond donors (Lipinski definition) is 0. The van der Waals surface area contributed by atoms with Crippen molar-refractivity contribution >= 4 is 0 Å². The summed E-state index contributed by atoms with van der Waals surface area (Å²) in [6.07, 6.45) is 0. The number of hydrogen-bond acceptors (Lipinski definition) is 0. The summed E-state index contributed by atoms with van der Waals surface area (Å²) in [6.45, 7) is 0. The normalized spacial score (nSPS) is 0. The van der Waals surface area contributed by atoms with Crippen LogP contribution in [-0.2, 0) is 83.2 Å². The third-order valence-corrected chi connectivity index (χ3v) is 0. The summed E-state index contributed by atoms with van der Waals surface area (Å²) >= 11 is 0. The molecule has 0 unspecified atom stereocenters. The summed E-state index contributed by atoms with van der Waals surface area (Å²) in [5.74, 6) is 0. The third kappa shape index (κ3) is 8.82. The SMILES string of the molecule is [Ag].[Cd].[Cu].[Ni]. The fourth-order valence-corrected chi connectivity index (χ4v) is 0. The average molecular weight is 343 g/mol. The van der Waals surface area contributed by atoms with Crippen LogP contribution in [0.5, 0.6) is 0 Å². The van der Waals surface area contributed by atoms with Crippen LogP contribution < -0.4 is 0 Å². The van der Waals surface area contributed by atoms with Crippen molar-refractivity contribution in [3.63, 3.8) is 0 Å². The number of rotatable bonds is 0. The minimum absolute atomic E-state index is 0. The molecule has 2 radical (unpaired) electrons. The van der Waals surface area contributed by atoms with Gasteiger partial charge in [-0.05, 0) is 0 Å². The van der Waals surface area contributed by atoms with E-state index in [1.165, 1.54) is 0 Å². The summed E-state index contributed by atoms with van der Waals surface area (Å²) < 4.78 is 0. The Labute approximate surface area is 81.9 Å². The molecule has 0 N–H and O–H groups in total. The minimum atomic E-state index is 0. The molecule has 0 aliphatic rings. The fourth-order valence-electron chi connectivity index (χ4n) is 0. The molecular formula is AgCdCuNi. The van der Waals surface area contributed by atoms with Crippen LogP contribution in [0.25, 0.3) is 0 Å². The summed E-state index contributed by atoms with van der Waals surface area (Å²) in [6, 6.07) is 0. The molecule has 0 amide bonds. The van der Waals surface area contributed by atoms with Crippen molar-refractivity contribution in [1.82, 2.24) is 0 Å². The van der Waals surface area contributed by atoms with Crippen molar-refractivity contribution < 1.29 is 83.2 Å². The molecule has 0 fully saturated rings. The van der Waals surface area contributed by atoms with Crippen LogP contribution in [0.15, 0.2) is 0 Å². The Hall–Kier alpha value is 2.68. The van der Waals surface area contributed by atoms with Gasteiger partial charge in [0.15, 0.2) is 0 Å². The van der Waals surface area contributed by atoms with Crippen LogP contribution in [-0.4, -0.2) is 0 Å². The Morgan fingerprint density at radius 2 is 1.00 bits per heavy atom. The Morgan fingerprint density at radius 1 is 1.00 bits per heavy atom. The van der Waals surface area contributed by atoms with E-state index < -0.39 is 0 Å². The summed E-state index contributed by atoms with van der Waals surface area (Å²) in [5.41, 5.74) is 0. The molecule has 4 heteroatoms. The molecule has 0 heterocycles.